The normalized spacial score (nSPS) is 13.6. The molecule has 13 N–H and O–H groups in total. The van der Waals surface area contributed by atoms with E-state index in [4.69, 9.17) is 5.73 Å². The summed E-state index contributed by atoms with van der Waals surface area (Å²) in [6, 6.07) is -4.52. The molecule has 0 aromatic heterocycles. The van der Waals surface area contributed by atoms with E-state index in [1.54, 1.807) is 0 Å². The molecule has 0 aliphatic rings. The van der Waals surface area contributed by atoms with Crippen LogP contribution >= 0.6 is 0 Å². The molecule has 18 heteroatoms. The maximum Gasteiger partial charge on any atom is 0.243 e. The van der Waals surface area contributed by atoms with Crippen molar-refractivity contribution in [2.24, 2.45) is 5.73 Å². The van der Waals surface area contributed by atoms with E-state index in [1.807, 2.05) is 42.2 Å². The highest BCUT2D eigenvalue weighted by atomic mass is 16.2. The summed E-state index contributed by atoms with van der Waals surface area (Å²) in [5, 5.41) is 33.0. The summed E-state index contributed by atoms with van der Waals surface area (Å²) in [7, 11) is 9.26. The van der Waals surface area contributed by atoms with Crippen molar-refractivity contribution >= 4 is 35.4 Å². The predicted octanol–water partition coefficient (Wildman–Crippen LogP) is 0.0141. The van der Waals surface area contributed by atoms with Gasteiger partial charge in [-0.05, 0) is 191 Å². The van der Waals surface area contributed by atoms with Gasteiger partial charge in [0.05, 0.1) is 0 Å². The van der Waals surface area contributed by atoms with Crippen LogP contribution in [0.4, 0.5) is 0 Å². The molecule has 0 aliphatic heterocycles. The zero-order chi connectivity index (χ0) is 45.5. The van der Waals surface area contributed by atoms with Crippen molar-refractivity contribution in [3.63, 3.8) is 0 Å². The number of carbonyl (C=O) groups is 6. The van der Waals surface area contributed by atoms with Gasteiger partial charge in [-0.15, -0.1) is 0 Å². The molecule has 5 atom stereocenters. The number of carbonyl (C=O) groups excluding carboxylic acids is 6. The number of nitrogens with one attached hydrogen (secondary N) is 11. The number of nitrogens with two attached hydrogens (primary N) is 1. The van der Waals surface area contributed by atoms with Crippen LogP contribution in [0.25, 0.3) is 0 Å². The minimum Gasteiger partial charge on any atom is -0.355 e. The fourth-order valence-electron chi connectivity index (χ4n) is 6.86. The summed E-state index contributed by atoms with van der Waals surface area (Å²) < 4.78 is 0. The number of rotatable bonds is 41. The fraction of sp³-hybridized carbons (Fsp3) is 0.860. The highest BCUT2D eigenvalue weighted by molar-refractivity contribution is 5.96. The lowest BCUT2D eigenvalue weighted by molar-refractivity contribution is -0.135. The first kappa shape index (κ1) is 57.6. The summed E-state index contributed by atoms with van der Waals surface area (Å²) >= 11 is 0. The van der Waals surface area contributed by atoms with Crippen molar-refractivity contribution < 1.29 is 28.8 Å². The molecule has 0 aromatic rings. The number of unbranched alkanes of at least 4 members (excludes halogenated alkanes) is 7. The van der Waals surface area contributed by atoms with Crippen molar-refractivity contribution in [1.29, 1.82) is 0 Å². The largest absolute Gasteiger partial charge is 0.355 e. The number of likely N-dealkylation sites (N-methyl/N-ethyl adjacent to an activating group) is 1. The molecule has 0 rings (SSSR count). The van der Waals surface area contributed by atoms with Crippen molar-refractivity contribution in [2.75, 3.05) is 81.1 Å². The van der Waals surface area contributed by atoms with Crippen molar-refractivity contribution in [2.45, 2.75) is 159 Å². The summed E-state index contributed by atoms with van der Waals surface area (Å²) in [5.74, 6) is -2.44. The predicted molar refractivity (Wildman–Crippen MR) is 245 cm³/mol. The highest BCUT2D eigenvalue weighted by Gasteiger charge is 2.32. The first-order chi connectivity index (χ1) is 29.5. The Hall–Kier alpha value is -3.42. The average molecular weight is 869 g/mol. The smallest absolute Gasteiger partial charge is 0.243 e. The van der Waals surface area contributed by atoms with E-state index in [0.717, 1.165) is 71.1 Å². The molecule has 18 nitrogen and oxygen atoms in total. The Morgan fingerprint density at radius 1 is 0.377 bits per heavy atom. The van der Waals surface area contributed by atoms with Crippen molar-refractivity contribution in [3.05, 3.63) is 0 Å². The van der Waals surface area contributed by atoms with E-state index >= 15 is 0 Å². The third kappa shape index (κ3) is 29.5. The van der Waals surface area contributed by atoms with Gasteiger partial charge >= 0.3 is 0 Å². The topological polar surface area (TPSA) is 261 Å². The van der Waals surface area contributed by atoms with E-state index in [1.165, 1.54) is 0 Å². The summed E-state index contributed by atoms with van der Waals surface area (Å²) in [6.45, 7) is 6.51. The molecule has 0 aromatic carbocycles. The van der Waals surface area contributed by atoms with Gasteiger partial charge in [-0.25, -0.2) is 0 Å². The molecular formula is C43H88N12O6. The van der Waals surface area contributed by atoms with E-state index in [9.17, 15) is 28.8 Å². The Bertz CT molecular complexity index is 1180. The summed E-state index contributed by atoms with van der Waals surface area (Å²) in [4.78, 5) is 82.2. The Balaban J connectivity index is 6.44. The lowest BCUT2D eigenvalue weighted by Gasteiger charge is -2.27. The monoisotopic (exact) mass is 869 g/mol. The molecule has 0 fully saturated rings. The molecule has 61 heavy (non-hydrogen) atoms. The Morgan fingerprint density at radius 2 is 0.672 bits per heavy atom. The van der Waals surface area contributed by atoms with Gasteiger partial charge in [-0.2, -0.15) is 0 Å². The highest BCUT2D eigenvalue weighted by Crippen LogP contribution is 2.11. The lowest BCUT2D eigenvalue weighted by atomic mass is 10.0. The second-order valence-corrected chi connectivity index (χ2v) is 15.9. The van der Waals surface area contributed by atoms with Gasteiger partial charge < -0.3 is 64.2 Å². The first-order valence-corrected chi connectivity index (χ1v) is 23.2. The van der Waals surface area contributed by atoms with Crippen molar-refractivity contribution in [1.82, 2.24) is 58.5 Å². The van der Waals surface area contributed by atoms with Crippen LogP contribution < -0.4 is 64.2 Å². The minimum absolute atomic E-state index is 0.227. The quantitative estimate of drug-likeness (QED) is 0.0363. The van der Waals surface area contributed by atoms with E-state index in [2.05, 4.69) is 58.5 Å². The number of amides is 6. The Labute approximate surface area is 367 Å². The van der Waals surface area contributed by atoms with Crippen LogP contribution in [0.1, 0.15) is 129 Å². The van der Waals surface area contributed by atoms with Gasteiger partial charge in [-0.3, -0.25) is 28.8 Å². The standard InChI is InChI=1S/C43H88N12O6/c1-7-50-39(57)33(21-10-16-28-45-2)52-41(59)35(23-12-18-30-47-4)54-43(61)37(25-14-20-32-49-6)55-42(60)36(24-13-19-31-48-5)53-40(58)34(22-11-17-29-46-3)51-38(56)26-9-8-15-27-44/h33-37,45-49H,7-32,44H2,1-6H3,(H,50,57)(H,51,56)(H,52,59)(H,53,58)(H,54,61)(H,55,60). The van der Waals surface area contributed by atoms with E-state index in [0.29, 0.717) is 90.3 Å². The molecule has 0 saturated carbocycles. The number of hydrogen-bond acceptors (Lipinski definition) is 12. The van der Waals surface area contributed by atoms with Gasteiger partial charge in [0.2, 0.25) is 35.4 Å². The van der Waals surface area contributed by atoms with Gasteiger partial charge in [0.1, 0.15) is 30.2 Å². The van der Waals surface area contributed by atoms with Crippen LogP contribution in [0.2, 0.25) is 0 Å². The molecule has 356 valence electrons. The first-order valence-electron chi connectivity index (χ1n) is 23.2. The van der Waals surface area contributed by atoms with E-state index in [-0.39, 0.29) is 18.2 Å². The van der Waals surface area contributed by atoms with Crippen LogP contribution in [0.5, 0.6) is 0 Å². The van der Waals surface area contributed by atoms with Crippen LogP contribution in [0.15, 0.2) is 0 Å². The number of hydrogen-bond donors (Lipinski definition) is 12. The zero-order valence-corrected chi connectivity index (χ0v) is 38.8. The van der Waals surface area contributed by atoms with Gasteiger partial charge in [0, 0.05) is 13.0 Å². The maximum absolute atomic E-state index is 14.2. The molecule has 0 bridgehead atoms. The van der Waals surface area contributed by atoms with Crippen molar-refractivity contribution in [3.8, 4) is 0 Å². The molecular weight excluding hydrogens is 781 g/mol. The Kier molecular flexibility index (Phi) is 37.2. The second kappa shape index (κ2) is 39.4. The molecule has 0 aliphatic carbocycles. The van der Waals surface area contributed by atoms with Gasteiger partial charge in [-0.1, -0.05) is 6.42 Å². The van der Waals surface area contributed by atoms with Crippen LogP contribution in [0.3, 0.4) is 0 Å². The Morgan fingerprint density at radius 3 is 0.951 bits per heavy atom. The molecule has 5 unspecified atom stereocenters. The third-order valence-corrected chi connectivity index (χ3v) is 10.5. The third-order valence-electron chi connectivity index (χ3n) is 10.5. The fourth-order valence-corrected chi connectivity index (χ4v) is 6.86. The van der Waals surface area contributed by atoms with Gasteiger partial charge in [0.25, 0.3) is 0 Å². The van der Waals surface area contributed by atoms with Gasteiger partial charge in [0.15, 0.2) is 0 Å². The molecule has 0 heterocycles. The average Bonchev–Trinajstić information content (AvgIpc) is 3.24. The zero-order valence-electron chi connectivity index (χ0n) is 38.8. The lowest BCUT2D eigenvalue weighted by Crippen LogP contribution is -2.59. The van der Waals surface area contributed by atoms with Crippen LogP contribution in [-0.4, -0.2) is 147 Å². The van der Waals surface area contributed by atoms with Crippen LogP contribution in [-0.2, 0) is 28.8 Å². The molecule has 0 saturated heterocycles. The molecule has 0 spiro atoms. The molecule has 6 amide bonds. The maximum atomic E-state index is 14.2. The second-order valence-electron chi connectivity index (χ2n) is 15.9. The van der Waals surface area contributed by atoms with E-state index < -0.39 is 53.8 Å². The summed E-state index contributed by atoms with van der Waals surface area (Å²) in [6.07, 6.45) is 11.5. The minimum atomic E-state index is -1.00. The summed E-state index contributed by atoms with van der Waals surface area (Å²) in [5.41, 5.74) is 5.61. The molecule has 0 radical (unpaired) electrons. The van der Waals surface area contributed by atoms with Crippen LogP contribution in [0, 0.1) is 0 Å². The SMILES string of the molecule is CCNC(=O)C(CCCCNC)NC(=O)C(CCCCNC)NC(=O)C(CCCCNC)NC(=O)C(CCCCNC)NC(=O)C(CCCCNC)NC(=O)CCCCCN.